The van der Waals surface area contributed by atoms with Gasteiger partial charge in [0.2, 0.25) is 5.91 Å². The molecule has 0 atom stereocenters. The molecule has 4 rings (SSSR count). The van der Waals surface area contributed by atoms with Gasteiger partial charge in [-0.05, 0) is 90.3 Å². The molecule has 2 aromatic carbocycles. The molecule has 7 nitrogen and oxygen atoms in total. The van der Waals surface area contributed by atoms with Crippen LogP contribution in [0.2, 0.25) is 0 Å². The molecular weight excluding hydrogens is 527 g/mol. The van der Waals surface area contributed by atoms with Crippen LogP contribution in [0.25, 0.3) is 33.3 Å². The van der Waals surface area contributed by atoms with Gasteiger partial charge < -0.3 is 19.9 Å². The average molecular weight is 553 g/mol. The van der Waals surface area contributed by atoms with E-state index in [1.165, 1.54) is 12.1 Å². The van der Waals surface area contributed by atoms with E-state index in [2.05, 4.69) is 31.5 Å². The van der Waals surface area contributed by atoms with E-state index in [1.807, 2.05) is 29.8 Å². The van der Waals surface area contributed by atoms with Crippen molar-refractivity contribution in [2.24, 2.45) is 7.05 Å². The van der Waals surface area contributed by atoms with Gasteiger partial charge in [0.1, 0.15) is 18.0 Å². The number of ether oxygens (including phenoxy) is 1. The van der Waals surface area contributed by atoms with Gasteiger partial charge in [0.25, 0.3) is 0 Å². The molecule has 186 valence electrons. The summed E-state index contributed by atoms with van der Waals surface area (Å²) in [5, 5.41) is 6.24. The molecule has 2 N–H and O–H groups in total. The van der Waals surface area contributed by atoms with Crippen molar-refractivity contribution in [3.8, 4) is 22.4 Å². The number of pyridine rings is 1. The molecule has 0 fully saturated rings. The summed E-state index contributed by atoms with van der Waals surface area (Å²) >= 11 is 3.67. The first-order valence-corrected chi connectivity index (χ1v) is 12.1. The number of nitrogens with zero attached hydrogens (tertiary/aromatic N) is 2. The molecule has 0 saturated heterocycles. The summed E-state index contributed by atoms with van der Waals surface area (Å²) in [6.07, 6.45) is 2.79. The number of benzene rings is 2. The van der Waals surface area contributed by atoms with Crippen molar-refractivity contribution in [3.63, 3.8) is 0 Å². The number of halogens is 2. The van der Waals surface area contributed by atoms with Crippen LogP contribution in [0.5, 0.6) is 0 Å². The highest BCUT2D eigenvalue weighted by atomic mass is 79.9. The first-order valence-electron chi connectivity index (χ1n) is 11.3. The molecule has 2 aromatic heterocycles. The number of aryl methyl sites for hydroxylation is 1. The quantitative estimate of drug-likeness (QED) is 0.305. The number of rotatable bonds is 5. The van der Waals surface area contributed by atoms with Crippen LogP contribution >= 0.6 is 15.9 Å². The lowest BCUT2D eigenvalue weighted by Gasteiger charge is -2.19. The lowest BCUT2D eigenvalue weighted by Crippen LogP contribution is -2.37. The van der Waals surface area contributed by atoms with Gasteiger partial charge in [-0.15, -0.1) is 0 Å². The molecule has 4 aromatic rings. The molecule has 0 spiro atoms. The van der Waals surface area contributed by atoms with E-state index in [1.54, 1.807) is 51.4 Å². The molecule has 2 amide bonds. The molecular formula is C27H26BrFN4O3. The van der Waals surface area contributed by atoms with E-state index in [-0.39, 0.29) is 12.4 Å². The second-order valence-corrected chi connectivity index (χ2v) is 10.0. The number of carbonyl (C=O) groups is 2. The summed E-state index contributed by atoms with van der Waals surface area (Å²) in [4.78, 5) is 28.6. The molecule has 2 heterocycles. The van der Waals surface area contributed by atoms with Gasteiger partial charge in [-0.25, -0.2) is 9.18 Å². The zero-order valence-corrected chi connectivity index (χ0v) is 21.9. The Morgan fingerprint density at radius 2 is 1.69 bits per heavy atom. The minimum atomic E-state index is -0.666. The van der Waals surface area contributed by atoms with Gasteiger partial charge in [-0.3, -0.25) is 9.78 Å². The Kier molecular flexibility index (Phi) is 7.12. The maximum absolute atomic E-state index is 13.7. The molecule has 0 unspecified atom stereocenters. The third-order valence-corrected chi connectivity index (χ3v) is 6.25. The summed E-state index contributed by atoms with van der Waals surface area (Å²) in [5.41, 5.74) is 4.40. The Hall–Kier alpha value is -3.72. The first-order chi connectivity index (χ1) is 17.0. The number of hydrogen-bond acceptors (Lipinski definition) is 4. The fourth-order valence-corrected chi connectivity index (χ4v) is 4.73. The van der Waals surface area contributed by atoms with E-state index in [4.69, 9.17) is 4.74 Å². The van der Waals surface area contributed by atoms with Crippen LogP contribution < -0.4 is 10.6 Å². The predicted molar refractivity (Wildman–Crippen MR) is 142 cm³/mol. The van der Waals surface area contributed by atoms with E-state index in [0.29, 0.717) is 10.2 Å². The van der Waals surface area contributed by atoms with Crippen molar-refractivity contribution in [2.45, 2.75) is 26.4 Å². The second kappa shape index (κ2) is 10.1. The summed E-state index contributed by atoms with van der Waals surface area (Å²) in [6.45, 7) is 5.01. The minimum Gasteiger partial charge on any atom is -0.444 e. The maximum Gasteiger partial charge on any atom is 0.408 e. The number of hydrogen-bond donors (Lipinski definition) is 2. The van der Waals surface area contributed by atoms with E-state index >= 15 is 0 Å². The van der Waals surface area contributed by atoms with Crippen LogP contribution in [0, 0.1) is 5.82 Å². The van der Waals surface area contributed by atoms with Gasteiger partial charge in [-0.1, -0.05) is 6.07 Å². The number of fused-ring (bicyclic) bond motifs is 1. The van der Waals surface area contributed by atoms with Crippen molar-refractivity contribution < 1.29 is 18.7 Å². The van der Waals surface area contributed by atoms with Crippen LogP contribution in [0.1, 0.15) is 20.8 Å². The van der Waals surface area contributed by atoms with Crippen molar-refractivity contribution >= 4 is 44.5 Å². The number of alkyl carbamates (subject to hydrolysis) is 1. The average Bonchev–Trinajstić information content (AvgIpc) is 3.12. The smallest absolute Gasteiger partial charge is 0.408 e. The second-order valence-electron chi connectivity index (χ2n) is 9.25. The standard InChI is InChI=1S/C27H26BrFN4O3/c1-27(2,3)36-26(35)31-15-21(34)32-20-10-9-19-22(16-11-13-30-14-12-16)24(33(4)25(19)23(20)28)17-5-7-18(29)8-6-17/h5-14H,15H2,1-4H3,(H,31,35)(H,32,34). The molecule has 36 heavy (non-hydrogen) atoms. The van der Waals surface area contributed by atoms with E-state index < -0.39 is 17.6 Å². The summed E-state index contributed by atoms with van der Waals surface area (Å²) in [5.74, 6) is -0.711. The number of amides is 2. The highest BCUT2D eigenvalue weighted by Crippen LogP contribution is 2.44. The zero-order valence-electron chi connectivity index (χ0n) is 20.4. The highest BCUT2D eigenvalue weighted by molar-refractivity contribution is 9.10. The van der Waals surface area contributed by atoms with Gasteiger partial charge in [-0.2, -0.15) is 0 Å². The van der Waals surface area contributed by atoms with Gasteiger partial charge in [0.15, 0.2) is 0 Å². The molecule has 0 aliphatic heterocycles. The van der Waals surface area contributed by atoms with E-state index in [0.717, 1.165) is 33.3 Å². The monoisotopic (exact) mass is 552 g/mol. The third-order valence-electron chi connectivity index (χ3n) is 5.45. The Balaban J connectivity index is 1.72. The van der Waals surface area contributed by atoms with Crippen molar-refractivity contribution in [3.05, 3.63) is 71.2 Å². The Morgan fingerprint density at radius 1 is 1.03 bits per heavy atom. The SMILES string of the molecule is Cn1c(-c2ccc(F)cc2)c(-c2ccncc2)c2ccc(NC(=O)CNC(=O)OC(C)(C)C)c(Br)c21. The first kappa shape index (κ1) is 25.4. The molecule has 0 aliphatic rings. The van der Waals surface area contributed by atoms with Crippen molar-refractivity contribution in [2.75, 3.05) is 11.9 Å². The van der Waals surface area contributed by atoms with Crippen molar-refractivity contribution in [1.29, 1.82) is 0 Å². The van der Waals surface area contributed by atoms with Crippen LogP contribution in [-0.4, -0.2) is 33.7 Å². The lowest BCUT2D eigenvalue weighted by molar-refractivity contribution is -0.115. The molecule has 9 heteroatoms. The zero-order chi connectivity index (χ0) is 26.0. The Bertz CT molecular complexity index is 1430. The molecule has 0 bridgehead atoms. The normalized spacial score (nSPS) is 11.4. The Morgan fingerprint density at radius 3 is 2.33 bits per heavy atom. The van der Waals surface area contributed by atoms with E-state index in [9.17, 15) is 14.0 Å². The van der Waals surface area contributed by atoms with Crippen LogP contribution in [-0.2, 0) is 16.6 Å². The van der Waals surface area contributed by atoms with Crippen LogP contribution in [0.3, 0.4) is 0 Å². The Labute approximate surface area is 216 Å². The van der Waals surface area contributed by atoms with Gasteiger partial charge in [0.05, 0.1) is 21.4 Å². The fourth-order valence-electron chi connectivity index (χ4n) is 4.02. The van der Waals surface area contributed by atoms with Crippen LogP contribution in [0.4, 0.5) is 14.9 Å². The number of anilines is 1. The molecule has 0 aliphatic carbocycles. The summed E-state index contributed by atoms with van der Waals surface area (Å²) < 4.78 is 21.5. The highest BCUT2D eigenvalue weighted by Gasteiger charge is 2.22. The number of aromatic nitrogens is 2. The fraction of sp³-hybridized carbons (Fsp3) is 0.222. The van der Waals surface area contributed by atoms with Crippen molar-refractivity contribution in [1.82, 2.24) is 14.9 Å². The van der Waals surface area contributed by atoms with Gasteiger partial charge >= 0.3 is 6.09 Å². The van der Waals surface area contributed by atoms with Crippen LogP contribution in [0.15, 0.2) is 65.4 Å². The predicted octanol–water partition coefficient (Wildman–Crippen LogP) is 6.27. The molecule has 0 radical (unpaired) electrons. The largest absolute Gasteiger partial charge is 0.444 e. The number of carbonyl (C=O) groups excluding carboxylic acids is 2. The summed E-state index contributed by atoms with van der Waals surface area (Å²) in [7, 11) is 1.92. The number of nitrogens with one attached hydrogen (secondary N) is 2. The topological polar surface area (TPSA) is 85.3 Å². The maximum atomic E-state index is 13.7. The lowest BCUT2D eigenvalue weighted by atomic mass is 9.99. The molecule has 0 saturated carbocycles. The van der Waals surface area contributed by atoms with Gasteiger partial charge in [0, 0.05) is 30.4 Å². The summed E-state index contributed by atoms with van der Waals surface area (Å²) in [6, 6.07) is 13.9. The minimum absolute atomic E-state index is 0.240. The third kappa shape index (κ3) is 5.41.